The van der Waals surface area contributed by atoms with Crippen LogP contribution in [0.3, 0.4) is 0 Å². The lowest BCUT2D eigenvalue weighted by molar-refractivity contribution is -0.136. The summed E-state index contributed by atoms with van der Waals surface area (Å²) in [5.74, 6) is 0.155. The van der Waals surface area contributed by atoms with Crippen LogP contribution in [0.25, 0.3) is 0 Å². The van der Waals surface area contributed by atoms with Crippen LogP contribution >= 0.6 is 0 Å². The van der Waals surface area contributed by atoms with Crippen molar-refractivity contribution < 1.29 is 19.1 Å². The largest absolute Gasteiger partial charge is 0.494 e. The van der Waals surface area contributed by atoms with Gasteiger partial charge in [0.25, 0.3) is 0 Å². The van der Waals surface area contributed by atoms with Crippen molar-refractivity contribution in [3.63, 3.8) is 0 Å². The molecule has 1 saturated heterocycles. The number of nitrogens with one attached hydrogen (secondary N) is 2. The summed E-state index contributed by atoms with van der Waals surface area (Å²) in [6.45, 7) is 8.32. The molecule has 1 atom stereocenters. The van der Waals surface area contributed by atoms with Crippen LogP contribution in [-0.2, 0) is 9.53 Å². The smallest absolute Gasteiger partial charge is 0.338 e. The molecule has 0 aromatic heterocycles. The monoisotopic (exact) mass is 464 g/mol. The number of rotatable bonds is 7. The number of amides is 2. The summed E-state index contributed by atoms with van der Waals surface area (Å²) in [5, 5.41) is 5.75. The lowest BCUT2D eigenvalue weighted by Gasteiger charge is -2.38. The van der Waals surface area contributed by atoms with E-state index in [-0.39, 0.29) is 6.03 Å². The summed E-state index contributed by atoms with van der Waals surface area (Å²) < 4.78 is 10.9. The van der Waals surface area contributed by atoms with E-state index in [0.29, 0.717) is 30.2 Å². The quantitative estimate of drug-likeness (QED) is 0.613. The molecule has 8 heteroatoms. The van der Waals surface area contributed by atoms with Crippen molar-refractivity contribution in [2.75, 3.05) is 51.3 Å². The molecule has 2 amide bonds. The number of aryl methyl sites for hydroxylation is 1. The summed E-state index contributed by atoms with van der Waals surface area (Å²) in [5.41, 5.74) is 4.20. The number of para-hydroxylation sites is 2. The molecule has 2 aromatic rings. The van der Waals surface area contributed by atoms with E-state index in [2.05, 4.69) is 51.6 Å². The molecule has 0 bridgehead atoms. The van der Waals surface area contributed by atoms with E-state index >= 15 is 0 Å². The van der Waals surface area contributed by atoms with E-state index in [0.717, 1.165) is 31.7 Å². The van der Waals surface area contributed by atoms with Gasteiger partial charge in [0.15, 0.2) is 0 Å². The minimum absolute atomic E-state index is 0.350. The predicted molar refractivity (Wildman–Crippen MR) is 131 cm³/mol. The highest BCUT2D eigenvalue weighted by molar-refractivity contribution is 5.95. The number of hydrogen-bond donors (Lipinski definition) is 2. The number of nitrogens with zero attached hydrogens (tertiary/aromatic N) is 2. The molecule has 2 N–H and O–H groups in total. The van der Waals surface area contributed by atoms with Gasteiger partial charge in [-0.3, -0.25) is 4.90 Å². The Bertz CT molecular complexity index is 1080. The fourth-order valence-electron chi connectivity index (χ4n) is 4.62. The number of anilines is 1. The van der Waals surface area contributed by atoms with Crippen LogP contribution < -0.4 is 20.3 Å². The Morgan fingerprint density at radius 2 is 1.76 bits per heavy atom. The first-order valence-electron chi connectivity index (χ1n) is 11.6. The van der Waals surface area contributed by atoms with E-state index in [1.165, 1.54) is 18.4 Å². The van der Waals surface area contributed by atoms with Gasteiger partial charge in [-0.25, -0.2) is 9.59 Å². The molecule has 2 aliphatic heterocycles. The van der Waals surface area contributed by atoms with Crippen molar-refractivity contribution in [3.05, 3.63) is 70.9 Å². The van der Waals surface area contributed by atoms with Crippen molar-refractivity contribution in [1.82, 2.24) is 15.5 Å². The van der Waals surface area contributed by atoms with Crippen molar-refractivity contribution in [1.29, 1.82) is 0 Å². The molecular formula is C26H32N4O4. The molecule has 34 heavy (non-hydrogen) atoms. The van der Waals surface area contributed by atoms with Gasteiger partial charge in [0.1, 0.15) is 5.75 Å². The second-order valence-corrected chi connectivity index (χ2v) is 8.44. The summed E-state index contributed by atoms with van der Waals surface area (Å²) in [7, 11) is 1.36. The zero-order chi connectivity index (χ0) is 24.1. The number of ether oxygens (including phenoxy) is 2. The average Bonchev–Trinajstić information content (AvgIpc) is 2.85. The summed E-state index contributed by atoms with van der Waals surface area (Å²) >= 11 is 0. The molecule has 180 valence electrons. The Hall–Kier alpha value is -3.52. The zero-order valence-electron chi connectivity index (χ0n) is 20.0. The van der Waals surface area contributed by atoms with Crippen LogP contribution in [0.5, 0.6) is 5.75 Å². The van der Waals surface area contributed by atoms with Crippen molar-refractivity contribution in [2.24, 2.45) is 0 Å². The minimum atomic E-state index is -0.660. The fourth-order valence-corrected chi connectivity index (χ4v) is 4.62. The van der Waals surface area contributed by atoms with Crippen molar-refractivity contribution >= 4 is 17.7 Å². The molecule has 4 rings (SSSR count). The molecule has 8 nitrogen and oxygen atoms in total. The molecular weight excluding hydrogens is 432 g/mol. The number of urea groups is 1. The van der Waals surface area contributed by atoms with Gasteiger partial charge >= 0.3 is 12.0 Å². The Morgan fingerprint density at radius 1 is 1.06 bits per heavy atom. The predicted octanol–water partition coefficient (Wildman–Crippen LogP) is 3.00. The highest BCUT2D eigenvalue weighted by Gasteiger charge is 2.35. The van der Waals surface area contributed by atoms with Crippen LogP contribution in [0.1, 0.15) is 24.1 Å². The average molecular weight is 465 g/mol. The maximum Gasteiger partial charge on any atom is 0.338 e. The first-order chi connectivity index (χ1) is 16.5. The Kier molecular flexibility index (Phi) is 7.37. The molecule has 0 saturated carbocycles. The van der Waals surface area contributed by atoms with Gasteiger partial charge in [-0.05, 0) is 31.5 Å². The van der Waals surface area contributed by atoms with Gasteiger partial charge in [-0.15, -0.1) is 0 Å². The van der Waals surface area contributed by atoms with Crippen LogP contribution in [0.4, 0.5) is 10.5 Å². The molecule has 0 aliphatic carbocycles. The maximum atomic E-state index is 12.9. The van der Waals surface area contributed by atoms with E-state index in [1.54, 1.807) is 0 Å². The van der Waals surface area contributed by atoms with Crippen LogP contribution in [0.2, 0.25) is 0 Å². The van der Waals surface area contributed by atoms with Gasteiger partial charge < -0.3 is 25.0 Å². The lowest BCUT2D eigenvalue weighted by Crippen LogP contribution is -2.52. The summed E-state index contributed by atoms with van der Waals surface area (Å²) in [6.07, 6.45) is 0. The first kappa shape index (κ1) is 23.6. The van der Waals surface area contributed by atoms with E-state index in [1.807, 2.05) is 31.2 Å². The molecule has 2 aliphatic rings. The number of carbonyl (C=O) groups is 2. The number of benzene rings is 2. The maximum absolute atomic E-state index is 12.9. The normalized spacial score (nSPS) is 18.9. The molecule has 2 aromatic carbocycles. The molecule has 0 radical (unpaired) electrons. The molecule has 1 fully saturated rings. The number of carbonyl (C=O) groups excluding carboxylic acids is 2. The number of piperazine rings is 1. The third-order valence-corrected chi connectivity index (χ3v) is 6.30. The second-order valence-electron chi connectivity index (χ2n) is 8.44. The van der Waals surface area contributed by atoms with E-state index in [4.69, 9.17) is 9.47 Å². The second kappa shape index (κ2) is 10.6. The Balaban J connectivity index is 1.58. The number of methoxy groups -OCH3 is 1. The number of hydrogen-bond acceptors (Lipinski definition) is 6. The third kappa shape index (κ3) is 5.02. The Labute approximate surface area is 200 Å². The van der Waals surface area contributed by atoms with Gasteiger partial charge in [-0.1, -0.05) is 36.4 Å². The third-order valence-electron chi connectivity index (χ3n) is 6.30. The Morgan fingerprint density at radius 3 is 2.47 bits per heavy atom. The lowest BCUT2D eigenvalue weighted by atomic mass is 9.94. The van der Waals surface area contributed by atoms with Crippen LogP contribution in [0.15, 0.2) is 59.8 Å². The topological polar surface area (TPSA) is 83.1 Å². The SMILES string of the molecule is CCOc1ccccc1C1NC(=O)NC(CN2CCN(c3ccccc3C)CC2)=C1C(=O)OC. The van der Waals surface area contributed by atoms with Gasteiger partial charge in [0, 0.05) is 49.7 Å². The first-order valence-corrected chi connectivity index (χ1v) is 11.6. The van der Waals surface area contributed by atoms with Gasteiger partial charge in [-0.2, -0.15) is 0 Å². The molecule has 2 heterocycles. The summed E-state index contributed by atoms with van der Waals surface area (Å²) in [4.78, 5) is 30.2. The molecule has 1 unspecified atom stereocenters. The van der Waals surface area contributed by atoms with Crippen molar-refractivity contribution in [3.8, 4) is 5.75 Å². The molecule has 0 spiro atoms. The van der Waals surface area contributed by atoms with Crippen LogP contribution in [-0.4, -0.2) is 63.3 Å². The van der Waals surface area contributed by atoms with E-state index in [9.17, 15) is 9.59 Å². The minimum Gasteiger partial charge on any atom is -0.494 e. The zero-order valence-corrected chi connectivity index (χ0v) is 20.0. The highest BCUT2D eigenvalue weighted by atomic mass is 16.5. The van der Waals surface area contributed by atoms with Gasteiger partial charge in [0.2, 0.25) is 0 Å². The fraction of sp³-hybridized carbons (Fsp3) is 0.385. The van der Waals surface area contributed by atoms with E-state index < -0.39 is 12.0 Å². The highest BCUT2D eigenvalue weighted by Crippen LogP contribution is 2.34. The standard InChI is InChI=1S/C26H32N4O4/c1-4-34-22-12-8-6-10-19(22)24-23(25(31)33-3)20(27-26(32)28-24)17-29-13-15-30(16-14-29)21-11-7-5-9-18(21)2/h5-12,24H,4,13-17H2,1-3H3,(H2,27,28,32). The number of esters is 1. The van der Waals surface area contributed by atoms with Crippen LogP contribution in [0, 0.1) is 6.92 Å². The summed E-state index contributed by atoms with van der Waals surface area (Å²) in [6, 6.07) is 14.8. The van der Waals surface area contributed by atoms with Crippen molar-refractivity contribution in [2.45, 2.75) is 19.9 Å². The van der Waals surface area contributed by atoms with Gasteiger partial charge in [0.05, 0.1) is 25.3 Å².